The van der Waals surface area contributed by atoms with Crippen molar-refractivity contribution in [2.45, 2.75) is 33.6 Å². The van der Waals surface area contributed by atoms with Gasteiger partial charge < -0.3 is 5.32 Å². The van der Waals surface area contributed by atoms with Crippen LogP contribution in [-0.2, 0) is 4.79 Å². The number of benzene rings is 2. The minimum absolute atomic E-state index is 0.0566. The van der Waals surface area contributed by atoms with E-state index in [1.807, 2.05) is 44.2 Å². The summed E-state index contributed by atoms with van der Waals surface area (Å²) in [5.74, 6) is -0.433. The minimum atomic E-state index is -0.281. The topological polar surface area (TPSA) is 70.6 Å². The third-order valence-corrected chi connectivity index (χ3v) is 3.83. The normalized spacial score (nSPS) is 11.3. The summed E-state index contributed by atoms with van der Waals surface area (Å²) in [6.07, 6.45) is 1.72. The van der Waals surface area contributed by atoms with Crippen LogP contribution in [0.5, 0.6) is 0 Å². The number of hydrogen-bond donors (Lipinski definition) is 2. The molecule has 5 nitrogen and oxygen atoms in total. The Morgan fingerprint density at radius 3 is 2.19 bits per heavy atom. The van der Waals surface area contributed by atoms with E-state index in [0.29, 0.717) is 11.3 Å². The molecule has 136 valence electrons. The van der Waals surface area contributed by atoms with Crippen LogP contribution in [0.1, 0.15) is 49.5 Å². The number of anilines is 1. The molecular weight excluding hydrogens is 326 g/mol. The molecule has 0 heterocycles. The third kappa shape index (κ3) is 5.55. The summed E-state index contributed by atoms with van der Waals surface area (Å²) >= 11 is 0. The maximum Gasteiger partial charge on any atom is 0.271 e. The monoisotopic (exact) mass is 351 g/mol. The van der Waals surface area contributed by atoms with E-state index in [9.17, 15) is 9.59 Å². The van der Waals surface area contributed by atoms with Crippen LogP contribution < -0.4 is 10.7 Å². The lowest BCUT2D eigenvalue weighted by atomic mass is 10.1. The second-order valence-corrected chi connectivity index (χ2v) is 6.34. The number of nitrogens with zero attached hydrogens (tertiary/aromatic N) is 1. The van der Waals surface area contributed by atoms with Gasteiger partial charge in [0.05, 0.1) is 5.71 Å². The van der Waals surface area contributed by atoms with E-state index in [0.717, 1.165) is 24.1 Å². The molecule has 0 fully saturated rings. The van der Waals surface area contributed by atoms with Crippen molar-refractivity contribution >= 4 is 23.2 Å². The van der Waals surface area contributed by atoms with Gasteiger partial charge in [-0.1, -0.05) is 57.5 Å². The van der Waals surface area contributed by atoms with Crippen molar-refractivity contribution in [3.8, 4) is 0 Å². The van der Waals surface area contributed by atoms with Crippen molar-refractivity contribution in [1.29, 1.82) is 0 Å². The molecule has 2 amide bonds. The van der Waals surface area contributed by atoms with E-state index in [4.69, 9.17) is 0 Å². The summed E-state index contributed by atoms with van der Waals surface area (Å²) in [7, 11) is 0. The molecule has 2 N–H and O–H groups in total. The van der Waals surface area contributed by atoms with E-state index in [1.165, 1.54) is 0 Å². The average Bonchev–Trinajstić information content (AvgIpc) is 2.66. The fraction of sp³-hybridized carbons (Fsp3) is 0.286. The number of carbonyl (C=O) groups excluding carboxylic acids is 2. The van der Waals surface area contributed by atoms with Crippen LogP contribution in [0.2, 0.25) is 0 Å². The molecule has 0 aliphatic heterocycles. The lowest BCUT2D eigenvalue weighted by Crippen LogP contribution is -2.20. The highest BCUT2D eigenvalue weighted by Crippen LogP contribution is 2.11. The molecule has 0 aromatic heterocycles. The van der Waals surface area contributed by atoms with Crippen molar-refractivity contribution < 1.29 is 9.59 Å². The average molecular weight is 351 g/mol. The fourth-order valence-electron chi connectivity index (χ4n) is 2.31. The maximum atomic E-state index is 12.3. The van der Waals surface area contributed by atoms with E-state index >= 15 is 0 Å². The zero-order valence-corrected chi connectivity index (χ0v) is 15.5. The quantitative estimate of drug-likeness (QED) is 0.579. The van der Waals surface area contributed by atoms with Crippen LogP contribution in [0.25, 0.3) is 0 Å². The van der Waals surface area contributed by atoms with Gasteiger partial charge >= 0.3 is 0 Å². The molecule has 26 heavy (non-hydrogen) atoms. The molecule has 2 rings (SSSR count). The van der Waals surface area contributed by atoms with E-state index in [-0.39, 0.29) is 17.7 Å². The molecule has 0 spiro atoms. The molecule has 5 heteroatoms. The van der Waals surface area contributed by atoms with E-state index < -0.39 is 0 Å². The van der Waals surface area contributed by atoms with Gasteiger partial charge in [0.15, 0.2) is 0 Å². The Kier molecular flexibility index (Phi) is 7.09. The molecule has 0 aliphatic rings. The number of rotatable bonds is 7. The van der Waals surface area contributed by atoms with Crippen LogP contribution in [0.4, 0.5) is 5.69 Å². The molecule has 0 radical (unpaired) electrons. The van der Waals surface area contributed by atoms with Gasteiger partial charge in [-0.2, -0.15) is 5.10 Å². The van der Waals surface area contributed by atoms with Crippen LogP contribution in [0, 0.1) is 5.92 Å². The number of amides is 2. The first-order chi connectivity index (χ1) is 12.5. The number of carbonyl (C=O) groups is 2. The van der Waals surface area contributed by atoms with E-state index in [2.05, 4.69) is 22.8 Å². The van der Waals surface area contributed by atoms with Crippen molar-refractivity contribution in [1.82, 2.24) is 5.43 Å². The van der Waals surface area contributed by atoms with Crippen LogP contribution in [0.3, 0.4) is 0 Å². The van der Waals surface area contributed by atoms with Crippen molar-refractivity contribution in [3.05, 3.63) is 65.7 Å². The maximum absolute atomic E-state index is 12.3. The SMILES string of the molecule is CCCC(=NNC(=O)c1ccc(NC(=O)C(C)C)cc1)c1ccccc1. The lowest BCUT2D eigenvalue weighted by Gasteiger charge is -2.09. The zero-order valence-electron chi connectivity index (χ0n) is 15.5. The molecule has 2 aromatic carbocycles. The first-order valence-corrected chi connectivity index (χ1v) is 8.84. The highest BCUT2D eigenvalue weighted by Gasteiger charge is 2.09. The fourth-order valence-corrected chi connectivity index (χ4v) is 2.31. The standard InChI is InChI=1S/C21H25N3O2/c1-4-8-19(16-9-6-5-7-10-16)23-24-21(26)17-11-13-18(14-12-17)22-20(25)15(2)3/h5-7,9-15H,4,8H2,1-3H3,(H,22,25)(H,24,26). The van der Waals surface area contributed by atoms with Gasteiger partial charge in [0.2, 0.25) is 5.91 Å². The molecule has 2 aromatic rings. The zero-order chi connectivity index (χ0) is 18.9. The van der Waals surface area contributed by atoms with Gasteiger partial charge in [0.25, 0.3) is 5.91 Å². The Bertz CT molecular complexity index is 766. The third-order valence-electron chi connectivity index (χ3n) is 3.83. The predicted molar refractivity (Wildman–Crippen MR) is 105 cm³/mol. The van der Waals surface area contributed by atoms with Crippen LogP contribution in [0.15, 0.2) is 59.7 Å². The highest BCUT2D eigenvalue weighted by molar-refractivity contribution is 6.02. The Balaban J connectivity index is 2.05. The summed E-state index contributed by atoms with van der Waals surface area (Å²) in [4.78, 5) is 24.0. The molecule has 0 saturated carbocycles. The molecule has 0 atom stereocenters. The van der Waals surface area contributed by atoms with Gasteiger partial charge in [-0.05, 0) is 36.2 Å². The first kappa shape index (κ1) is 19.4. The molecule has 0 bridgehead atoms. The summed E-state index contributed by atoms with van der Waals surface area (Å²) in [6.45, 7) is 5.73. The number of hydrazone groups is 1. The van der Waals surface area contributed by atoms with Gasteiger partial charge in [0.1, 0.15) is 0 Å². The Morgan fingerprint density at radius 1 is 0.962 bits per heavy atom. The smallest absolute Gasteiger partial charge is 0.271 e. The van der Waals surface area contributed by atoms with Crippen LogP contribution >= 0.6 is 0 Å². The predicted octanol–water partition coefficient (Wildman–Crippen LogP) is 4.22. The Hall–Kier alpha value is -2.95. The lowest BCUT2D eigenvalue weighted by molar-refractivity contribution is -0.118. The first-order valence-electron chi connectivity index (χ1n) is 8.84. The van der Waals surface area contributed by atoms with Crippen molar-refractivity contribution in [2.75, 3.05) is 5.32 Å². The summed E-state index contributed by atoms with van der Waals surface area (Å²) in [5.41, 5.74) is 5.63. The summed E-state index contributed by atoms with van der Waals surface area (Å²) in [6, 6.07) is 16.6. The van der Waals surface area contributed by atoms with Crippen LogP contribution in [-0.4, -0.2) is 17.5 Å². The van der Waals surface area contributed by atoms with Crippen molar-refractivity contribution in [2.24, 2.45) is 11.0 Å². The second kappa shape index (κ2) is 9.51. The van der Waals surface area contributed by atoms with Gasteiger partial charge in [-0.25, -0.2) is 5.43 Å². The second-order valence-electron chi connectivity index (χ2n) is 6.34. The minimum Gasteiger partial charge on any atom is -0.326 e. The number of hydrogen-bond acceptors (Lipinski definition) is 3. The molecule has 0 unspecified atom stereocenters. The van der Waals surface area contributed by atoms with Gasteiger partial charge in [-0.15, -0.1) is 0 Å². The van der Waals surface area contributed by atoms with Gasteiger partial charge in [0, 0.05) is 17.2 Å². The highest BCUT2D eigenvalue weighted by atomic mass is 16.2. The Morgan fingerprint density at radius 2 is 1.62 bits per heavy atom. The van der Waals surface area contributed by atoms with Crippen molar-refractivity contribution in [3.63, 3.8) is 0 Å². The van der Waals surface area contributed by atoms with E-state index in [1.54, 1.807) is 24.3 Å². The molecule has 0 saturated heterocycles. The summed E-state index contributed by atoms with van der Waals surface area (Å²) < 4.78 is 0. The summed E-state index contributed by atoms with van der Waals surface area (Å²) in [5, 5.41) is 7.10. The molecular formula is C21H25N3O2. The number of nitrogens with one attached hydrogen (secondary N) is 2. The Labute approximate surface area is 154 Å². The van der Waals surface area contributed by atoms with Gasteiger partial charge in [-0.3, -0.25) is 9.59 Å². The largest absolute Gasteiger partial charge is 0.326 e. The molecule has 0 aliphatic carbocycles.